The van der Waals surface area contributed by atoms with Crippen LogP contribution in [0.2, 0.25) is 5.15 Å². The predicted octanol–water partition coefficient (Wildman–Crippen LogP) is 4.46. The van der Waals surface area contributed by atoms with E-state index in [4.69, 9.17) is 11.6 Å². The second kappa shape index (κ2) is 11.7. The maximum Gasteiger partial charge on any atom is 0.189 e. The molecule has 0 amide bonds. The van der Waals surface area contributed by atoms with Crippen LogP contribution in [0, 0.1) is 15.4 Å². The Kier molecular flexibility index (Phi) is 10.4. The van der Waals surface area contributed by atoms with Crippen molar-refractivity contribution in [2.45, 2.75) is 23.7 Å². The fraction of sp³-hybridized carbons (Fsp3) is 0.333. The summed E-state index contributed by atoms with van der Waals surface area (Å²) in [5.41, 5.74) is 0.854. The number of aromatic nitrogens is 4. The van der Waals surface area contributed by atoms with Gasteiger partial charge in [0.05, 0.1) is 9.13 Å². The minimum absolute atomic E-state index is 0.528. The van der Waals surface area contributed by atoms with Gasteiger partial charge in [-0.3, -0.25) is 0 Å². The van der Waals surface area contributed by atoms with Gasteiger partial charge in [0.25, 0.3) is 0 Å². The number of halogens is 2. The van der Waals surface area contributed by atoms with Crippen molar-refractivity contribution in [2.75, 3.05) is 24.9 Å². The summed E-state index contributed by atoms with van der Waals surface area (Å²) >= 11 is 10.8. The molecule has 9 heteroatoms. The van der Waals surface area contributed by atoms with Crippen molar-refractivity contribution < 1.29 is 0 Å². The zero-order valence-electron chi connectivity index (χ0n) is 13.7. The summed E-state index contributed by atoms with van der Waals surface area (Å²) in [6, 6.07) is 0. The SMILES string of the molecule is CCC#Cc1cnc(SC)nc1NC.CSc1ncc(I)c(Cl)n1. The van der Waals surface area contributed by atoms with Gasteiger partial charge < -0.3 is 5.32 Å². The Morgan fingerprint density at radius 1 is 1.17 bits per heavy atom. The standard InChI is InChI=1S/C10H13N3S.C5H4ClIN2S/c1-4-5-6-8-7-12-10(14-3)13-9(8)11-2;1-10-5-8-2-3(7)4(6)9-5/h7H,4H2,1-3H3,(H,11,12,13);2H,1H3. The number of nitrogens with zero attached hydrogens (tertiary/aromatic N) is 4. The molecule has 5 nitrogen and oxygen atoms in total. The van der Waals surface area contributed by atoms with E-state index in [0.717, 1.165) is 26.5 Å². The topological polar surface area (TPSA) is 63.6 Å². The van der Waals surface area contributed by atoms with Crippen molar-refractivity contribution in [3.63, 3.8) is 0 Å². The van der Waals surface area contributed by atoms with E-state index in [1.165, 1.54) is 23.5 Å². The van der Waals surface area contributed by atoms with Crippen LogP contribution in [-0.2, 0) is 0 Å². The van der Waals surface area contributed by atoms with Gasteiger partial charge in [-0.2, -0.15) is 0 Å². The Hall–Kier alpha value is -0.760. The van der Waals surface area contributed by atoms with Crippen molar-refractivity contribution in [1.82, 2.24) is 19.9 Å². The molecule has 2 rings (SSSR count). The summed E-state index contributed by atoms with van der Waals surface area (Å²) < 4.78 is 0.886. The number of nitrogens with one attached hydrogen (secondary N) is 1. The van der Waals surface area contributed by atoms with Crippen molar-refractivity contribution in [2.24, 2.45) is 0 Å². The first-order valence-corrected chi connectivity index (χ1v) is 10.8. The fourth-order valence-electron chi connectivity index (χ4n) is 1.36. The maximum atomic E-state index is 5.72. The molecule has 0 aromatic carbocycles. The van der Waals surface area contributed by atoms with E-state index in [2.05, 4.69) is 59.7 Å². The minimum Gasteiger partial charge on any atom is -0.372 e. The molecule has 2 aromatic rings. The maximum absolute atomic E-state index is 5.72. The quantitative estimate of drug-likeness (QED) is 0.223. The summed E-state index contributed by atoms with van der Waals surface area (Å²) in [6.45, 7) is 2.02. The normalized spacial score (nSPS) is 9.42. The minimum atomic E-state index is 0.528. The first kappa shape index (κ1) is 21.3. The second-order valence-corrected chi connectivity index (χ2v) is 7.09. The van der Waals surface area contributed by atoms with Gasteiger partial charge in [-0.15, -0.1) is 0 Å². The fourth-order valence-corrected chi connectivity index (χ4v) is 2.48. The molecule has 0 aliphatic rings. The lowest BCUT2D eigenvalue weighted by Gasteiger charge is -2.03. The van der Waals surface area contributed by atoms with Crippen LogP contribution < -0.4 is 5.32 Å². The van der Waals surface area contributed by atoms with Crippen LogP contribution in [0.3, 0.4) is 0 Å². The van der Waals surface area contributed by atoms with Gasteiger partial charge >= 0.3 is 0 Å². The lowest BCUT2D eigenvalue weighted by atomic mass is 10.3. The molecule has 24 heavy (non-hydrogen) atoms. The number of anilines is 1. The number of hydrogen-bond donors (Lipinski definition) is 1. The van der Waals surface area contributed by atoms with Gasteiger partial charge in [-0.05, 0) is 35.1 Å². The van der Waals surface area contributed by atoms with Gasteiger partial charge in [0.2, 0.25) is 0 Å². The van der Waals surface area contributed by atoms with Gasteiger partial charge in [0, 0.05) is 25.9 Å². The molecule has 2 aromatic heterocycles. The molecule has 0 unspecified atom stereocenters. The Labute approximate surface area is 169 Å². The van der Waals surface area contributed by atoms with Gasteiger partial charge in [0.1, 0.15) is 11.0 Å². The molecule has 2 heterocycles. The monoisotopic (exact) mass is 493 g/mol. The zero-order chi connectivity index (χ0) is 17.9. The molecule has 0 fully saturated rings. The van der Waals surface area contributed by atoms with Crippen LogP contribution in [0.4, 0.5) is 5.82 Å². The van der Waals surface area contributed by atoms with Crippen molar-refractivity contribution in [1.29, 1.82) is 0 Å². The highest BCUT2D eigenvalue weighted by molar-refractivity contribution is 14.1. The number of rotatable bonds is 3. The van der Waals surface area contributed by atoms with E-state index in [1.807, 2.05) is 26.5 Å². The third kappa shape index (κ3) is 7.01. The summed E-state index contributed by atoms with van der Waals surface area (Å²) in [6.07, 6.45) is 8.17. The van der Waals surface area contributed by atoms with Crippen molar-refractivity contribution in [3.8, 4) is 11.8 Å². The predicted molar refractivity (Wildman–Crippen MR) is 112 cm³/mol. The molecule has 128 valence electrons. The first-order chi connectivity index (χ1) is 11.5. The molecule has 0 spiro atoms. The lowest BCUT2D eigenvalue weighted by molar-refractivity contribution is 0.961. The Balaban J connectivity index is 0.000000254. The Bertz CT molecular complexity index is 734. The van der Waals surface area contributed by atoms with E-state index in [0.29, 0.717) is 10.3 Å². The van der Waals surface area contributed by atoms with Crippen molar-refractivity contribution in [3.05, 3.63) is 26.7 Å². The van der Waals surface area contributed by atoms with Gasteiger partial charge in [-0.1, -0.05) is 53.9 Å². The number of thioether (sulfide) groups is 2. The third-order valence-electron chi connectivity index (χ3n) is 2.45. The highest BCUT2D eigenvalue weighted by Crippen LogP contribution is 2.17. The molecule has 1 N–H and O–H groups in total. The molecule has 0 saturated heterocycles. The second-order valence-electron chi connectivity index (χ2n) is 4.02. The smallest absolute Gasteiger partial charge is 0.189 e. The summed E-state index contributed by atoms with van der Waals surface area (Å²) in [5, 5.41) is 5.01. The molecule has 0 saturated carbocycles. The van der Waals surface area contributed by atoms with Gasteiger partial charge in [0.15, 0.2) is 10.3 Å². The van der Waals surface area contributed by atoms with Crippen LogP contribution in [0.25, 0.3) is 0 Å². The largest absolute Gasteiger partial charge is 0.372 e. The Morgan fingerprint density at radius 2 is 1.79 bits per heavy atom. The zero-order valence-corrected chi connectivity index (χ0v) is 18.3. The van der Waals surface area contributed by atoms with E-state index < -0.39 is 0 Å². The summed E-state index contributed by atoms with van der Waals surface area (Å²) in [5.74, 6) is 6.81. The molecule has 0 radical (unpaired) electrons. The molecular weight excluding hydrogens is 477 g/mol. The van der Waals surface area contributed by atoms with Crippen LogP contribution in [0.5, 0.6) is 0 Å². The van der Waals surface area contributed by atoms with E-state index in [-0.39, 0.29) is 0 Å². The number of hydrogen-bond acceptors (Lipinski definition) is 7. The van der Waals surface area contributed by atoms with Crippen LogP contribution >= 0.6 is 57.7 Å². The average molecular weight is 494 g/mol. The summed E-state index contributed by atoms with van der Waals surface area (Å²) in [4.78, 5) is 16.5. The van der Waals surface area contributed by atoms with Gasteiger partial charge in [-0.25, -0.2) is 19.9 Å². The lowest BCUT2D eigenvalue weighted by Crippen LogP contribution is -1.98. The van der Waals surface area contributed by atoms with E-state index >= 15 is 0 Å². The van der Waals surface area contributed by atoms with Crippen LogP contribution in [0.1, 0.15) is 18.9 Å². The highest BCUT2D eigenvalue weighted by Gasteiger charge is 2.02. The van der Waals surface area contributed by atoms with Crippen LogP contribution in [0.15, 0.2) is 22.7 Å². The first-order valence-electron chi connectivity index (χ1n) is 6.85. The van der Waals surface area contributed by atoms with Crippen molar-refractivity contribution >= 4 is 63.5 Å². The molecule has 0 aliphatic carbocycles. The summed E-state index contributed by atoms with van der Waals surface area (Å²) in [7, 11) is 1.84. The van der Waals surface area contributed by atoms with E-state index in [1.54, 1.807) is 12.4 Å². The molecule has 0 aliphatic heterocycles. The Morgan fingerprint density at radius 3 is 2.33 bits per heavy atom. The average Bonchev–Trinajstić information content (AvgIpc) is 2.62. The van der Waals surface area contributed by atoms with E-state index in [9.17, 15) is 0 Å². The molecular formula is C15H17ClIN5S2. The highest BCUT2D eigenvalue weighted by atomic mass is 127. The third-order valence-corrected chi connectivity index (χ3v) is 4.97. The molecule has 0 atom stereocenters. The van der Waals surface area contributed by atoms with Crippen LogP contribution in [-0.4, -0.2) is 39.5 Å². The molecule has 0 bridgehead atoms.